The minimum Gasteiger partial charge on any atom is -0.376 e. The van der Waals surface area contributed by atoms with Crippen molar-refractivity contribution in [3.63, 3.8) is 0 Å². The Hall–Kier alpha value is -1.57. The van der Waals surface area contributed by atoms with Gasteiger partial charge in [-0.25, -0.2) is 9.67 Å². The number of rotatable bonds is 4. The van der Waals surface area contributed by atoms with Gasteiger partial charge in [0.25, 0.3) is 5.56 Å². The van der Waals surface area contributed by atoms with Gasteiger partial charge in [-0.1, -0.05) is 0 Å². The third-order valence-electron chi connectivity index (χ3n) is 4.82. The molecule has 2 aliphatic rings. The van der Waals surface area contributed by atoms with Gasteiger partial charge < -0.3 is 4.74 Å². The first-order valence-electron chi connectivity index (χ1n) is 8.52. The molecule has 2 aromatic rings. The van der Waals surface area contributed by atoms with Crippen molar-refractivity contribution in [2.24, 2.45) is 0 Å². The van der Waals surface area contributed by atoms with Gasteiger partial charge in [-0.15, -0.1) is 11.3 Å². The zero-order valence-corrected chi connectivity index (χ0v) is 14.7. The predicted molar refractivity (Wildman–Crippen MR) is 92.1 cm³/mol. The van der Waals surface area contributed by atoms with Crippen LogP contribution in [-0.4, -0.2) is 38.9 Å². The second kappa shape index (κ2) is 6.74. The maximum atomic E-state index is 12.4. The Balaban J connectivity index is 1.50. The van der Waals surface area contributed by atoms with Crippen LogP contribution in [0.1, 0.15) is 34.0 Å². The Labute approximate surface area is 145 Å². The maximum absolute atomic E-state index is 12.4. The summed E-state index contributed by atoms with van der Waals surface area (Å²) in [5.41, 5.74) is 1.95. The van der Waals surface area contributed by atoms with Crippen molar-refractivity contribution in [2.45, 2.75) is 51.9 Å². The van der Waals surface area contributed by atoms with E-state index in [1.54, 1.807) is 22.1 Å². The van der Waals surface area contributed by atoms with Crippen molar-refractivity contribution >= 4 is 11.3 Å². The molecule has 2 aromatic heterocycles. The molecule has 0 saturated carbocycles. The third kappa shape index (κ3) is 3.29. The van der Waals surface area contributed by atoms with E-state index in [-0.39, 0.29) is 5.56 Å². The van der Waals surface area contributed by atoms with Gasteiger partial charge >= 0.3 is 0 Å². The van der Waals surface area contributed by atoms with Crippen molar-refractivity contribution < 1.29 is 4.74 Å². The highest BCUT2D eigenvalue weighted by Gasteiger charge is 2.26. The maximum Gasteiger partial charge on any atom is 0.267 e. The topological polar surface area (TPSA) is 60.2 Å². The molecule has 0 aromatic carbocycles. The Kier molecular flexibility index (Phi) is 4.47. The van der Waals surface area contributed by atoms with Crippen molar-refractivity contribution in [2.75, 3.05) is 13.2 Å². The number of aryl methyl sites for hydroxylation is 1. The summed E-state index contributed by atoms with van der Waals surface area (Å²) in [6.45, 7) is 5.91. The van der Waals surface area contributed by atoms with Crippen LogP contribution in [-0.2, 0) is 30.9 Å². The van der Waals surface area contributed by atoms with Crippen LogP contribution in [0, 0.1) is 6.92 Å². The molecule has 4 heterocycles. The number of likely N-dealkylation sites (tertiary alicyclic amines) is 1. The Morgan fingerprint density at radius 2 is 2.38 bits per heavy atom. The van der Waals surface area contributed by atoms with Crippen LogP contribution in [0.2, 0.25) is 0 Å². The molecule has 1 unspecified atom stereocenters. The predicted octanol–water partition coefficient (Wildman–Crippen LogP) is 1.75. The largest absolute Gasteiger partial charge is 0.376 e. The molecule has 2 aliphatic heterocycles. The van der Waals surface area contributed by atoms with Crippen LogP contribution in [0.5, 0.6) is 0 Å². The van der Waals surface area contributed by atoms with Gasteiger partial charge in [0.15, 0.2) is 0 Å². The quantitative estimate of drug-likeness (QED) is 0.844. The van der Waals surface area contributed by atoms with Crippen molar-refractivity contribution in [3.05, 3.63) is 43.8 Å². The lowest BCUT2D eigenvalue weighted by molar-refractivity contribution is 0.107. The number of hydrogen-bond donors (Lipinski definition) is 0. The van der Waals surface area contributed by atoms with Crippen LogP contribution < -0.4 is 5.56 Å². The van der Waals surface area contributed by atoms with E-state index in [0.717, 1.165) is 42.2 Å². The van der Waals surface area contributed by atoms with Gasteiger partial charge in [0, 0.05) is 41.7 Å². The molecule has 7 heteroatoms. The SMILES string of the molecule is Cc1ncc(CN2CCCC2Cn2nc3c(cc2=O)COCC3)s1. The van der Waals surface area contributed by atoms with E-state index in [2.05, 4.69) is 15.0 Å². The average molecular weight is 346 g/mol. The molecule has 24 heavy (non-hydrogen) atoms. The van der Waals surface area contributed by atoms with E-state index in [0.29, 0.717) is 25.8 Å². The molecule has 0 N–H and O–H groups in total. The van der Waals surface area contributed by atoms with E-state index in [9.17, 15) is 4.79 Å². The average Bonchev–Trinajstić information content (AvgIpc) is 3.18. The number of ether oxygens (including phenoxy) is 1. The molecule has 0 radical (unpaired) electrons. The van der Waals surface area contributed by atoms with Gasteiger partial charge in [-0.05, 0) is 26.3 Å². The standard InChI is InChI=1S/C17H22N4O2S/c1-12-18-8-15(24-12)10-20-5-2-3-14(20)9-21-17(22)7-13-11-23-6-4-16(13)19-21/h7-8,14H,2-6,9-11H2,1H3. The Morgan fingerprint density at radius 3 is 3.21 bits per heavy atom. The molecule has 0 aliphatic carbocycles. The first kappa shape index (κ1) is 15.9. The molecular formula is C17H22N4O2S. The minimum atomic E-state index is -0.0141. The van der Waals surface area contributed by atoms with E-state index in [1.165, 1.54) is 11.3 Å². The first-order valence-corrected chi connectivity index (χ1v) is 9.34. The summed E-state index contributed by atoms with van der Waals surface area (Å²) in [5.74, 6) is 0. The van der Waals surface area contributed by atoms with E-state index >= 15 is 0 Å². The zero-order valence-electron chi connectivity index (χ0n) is 13.9. The van der Waals surface area contributed by atoms with Gasteiger partial charge in [0.05, 0.1) is 30.5 Å². The number of hydrogen-bond acceptors (Lipinski definition) is 6. The highest BCUT2D eigenvalue weighted by molar-refractivity contribution is 7.11. The summed E-state index contributed by atoms with van der Waals surface area (Å²) in [6, 6.07) is 2.07. The fraction of sp³-hybridized carbons (Fsp3) is 0.588. The second-order valence-electron chi connectivity index (χ2n) is 6.55. The van der Waals surface area contributed by atoms with Gasteiger partial charge in [-0.3, -0.25) is 9.69 Å². The molecular weight excluding hydrogens is 324 g/mol. The van der Waals surface area contributed by atoms with Crippen molar-refractivity contribution in [1.29, 1.82) is 0 Å². The summed E-state index contributed by atoms with van der Waals surface area (Å²) in [4.78, 5) is 20.5. The monoisotopic (exact) mass is 346 g/mol. The summed E-state index contributed by atoms with van der Waals surface area (Å²) >= 11 is 1.75. The van der Waals surface area contributed by atoms with Crippen LogP contribution in [0.3, 0.4) is 0 Å². The van der Waals surface area contributed by atoms with Crippen LogP contribution in [0.15, 0.2) is 17.1 Å². The lowest BCUT2D eigenvalue weighted by Gasteiger charge is -2.24. The number of aromatic nitrogens is 3. The molecule has 128 valence electrons. The van der Waals surface area contributed by atoms with E-state index in [1.807, 2.05) is 13.1 Å². The molecule has 4 rings (SSSR count). The van der Waals surface area contributed by atoms with Gasteiger partial charge in [-0.2, -0.15) is 5.10 Å². The minimum absolute atomic E-state index is 0.0141. The number of nitrogens with zero attached hydrogens (tertiary/aromatic N) is 4. The normalized spacial score (nSPS) is 21.1. The third-order valence-corrected chi connectivity index (χ3v) is 5.71. The molecule has 6 nitrogen and oxygen atoms in total. The summed E-state index contributed by atoms with van der Waals surface area (Å²) in [6.07, 6.45) is 5.06. The van der Waals surface area contributed by atoms with Gasteiger partial charge in [0.1, 0.15) is 0 Å². The zero-order chi connectivity index (χ0) is 16.5. The molecule has 1 saturated heterocycles. The van der Waals surface area contributed by atoms with Crippen molar-refractivity contribution in [3.8, 4) is 0 Å². The molecule has 0 bridgehead atoms. The second-order valence-corrected chi connectivity index (χ2v) is 7.87. The van der Waals surface area contributed by atoms with Gasteiger partial charge in [0.2, 0.25) is 0 Å². The fourth-order valence-corrected chi connectivity index (χ4v) is 4.39. The molecule has 1 atom stereocenters. The number of fused-ring (bicyclic) bond motifs is 1. The highest BCUT2D eigenvalue weighted by atomic mass is 32.1. The van der Waals surface area contributed by atoms with E-state index in [4.69, 9.17) is 4.74 Å². The molecule has 0 amide bonds. The van der Waals surface area contributed by atoms with Crippen molar-refractivity contribution in [1.82, 2.24) is 19.7 Å². The first-order chi connectivity index (χ1) is 11.7. The van der Waals surface area contributed by atoms with Crippen LogP contribution in [0.25, 0.3) is 0 Å². The molecule has 1 fully saturated rings. The molecule has 0 spiro atoms. The summed E-state index contributed by atoms with van der Waals surface area (Å²) in [7, 11) is 0. The summed E-state index contributed by atoms with van der Waals surface area (Å²) < 4.78 is 7.07. The lowest BCUT2D eigenvalue weighted by Crippen LogP contribution is -2.37. The number of thiazole rings is 1. The lowest BCUT2D eigenvalue weighted by atomic mass is 10.1. The van der Waals surface area contributed by atoms with E-state index < -0.39 is 0 Å². The Morgan fingerprint density at radius 1 is 1.46 bits per heavy atom. The summed E-state index contributed by atoms with van der Waals surface area (Å²) in [5, 5.41) is 5.72. The van der Waals surface area contributed by atoms with Crippen LogP contribution >= 0.6 is 11.3 Å². The smallest absolute Gasteiger partial charge is 0.267 e. The Bertz CT molecular complexity index is 785. The van der Waals surface area contributed by atoms with Crippen LogP contribution in [0.4, 0.5) is 0 Å². The highest BCUT2D eigenvalue weighted by Crippen LogP contribution is 2.23. The fourth-order valence-electron chi connectivity index (χ4n) is 3.57.